The van der Waals surface area contributed by atoms with Gasteiger partial charge in [0.05, 0.1) is 19.0 Å². The van der Waals surface area contributed by atoms with Gasteiger partial charge in [0, 0.05) is 16.6 Å². The van der Waals surface area contributed by atoms with Crippen LogP contribution >= 0.6 is 23.2 Å². The van der Waals surface area contributed by atoms with E-state index in [-0.39, 0.29) is 0 Å². The van der Waals surface area contributed by atoms with E-state index in [1.165, 1.54) is 0 Å². The van der Waals surface area contributed by atoms with Crippen LogP contribution in [0.15, 0.2) is 48.7 Å². The highest BCUT2D eigenvalue weighted by atomic mass is 35.5. The summed E-state index contributed by atoms with van der Waals surface area (Å²) in [6, 6.07) is 13.0. The Morgan fingerprint density at radius 3 is 2.73 bits per heavy atom. The molecule has 0 saturated carbocycles. The summed E-state index contributed by atoms with van der Waals surface area (Å²) in [7, 11) is 1.58. The lowest BCUT2D eigenvalue weighted by molar-refractivity contribution is 0.417. The molecule has 3 rings (SSSR count). The minimum absolute atomic E-state index is 0.346. The lowest BCUT2D eigenvalue weighted by Crippen LogP contribution is -2.09. The van der Waals surface area contributed by atoms with Crippen molar-refractivity contribution >= 4 is 40.7 Å². The molecule has 0 bridgehead atoms. The molecule has 2 aromatic carbocycles. The van der Waals surface area contributed by atoms with E-state index in [9.17, 15) is 0 Å². The molecule has 0 aliphatic carbocycles. The minimum Gasteiger partial charge on any atom is -0.495 e. The Hall–Kier alpha value is -2.57. The van der Waals surface area contributed by atoms with Crippen LogP contribution in [-0.4, -0.2) is 28.8 Å². The molecule has 8 heteroatoms. The van der Waals surface area contributed by atoms with Gasteiger partial charge in [-0.1, -0.05) is 35.3 Å². The van der Waals surface area contributed by atoms with E-state index in [2.05, 4.69) is 25.8 Å². The fraction of sp³-hybridized carbons (Fsp3) is 0.167. The van der Waals surface area contributed by atoms with Crippen molar-refractivity contribution in [2.24, 2.45) is 0 Å². The molecular formula is C18H17Cl2N5O. The molecule has 0 aliphatic heterocycles. The van der Waals surface area contributed by atoms with Crippen molar-refractivity contribution < 1.29 is 4.74 Å². The molecule has 0 amide bonds. The van der Waals surface area contributed by atoms with Crippen molar-refractivity contribution in [1.29, 1.82) is 0 Å². The molecule has 1 heterocycles. The molecule has 0 unspecified atom stereocenters. The molecule has 0 atom stereocenters. The topological polar surface area (TPSA) is 72.0 Å². The second kappa shape index (κ2) is 8.69. The summed E-state index contributed by atoms with van der Waals surface area (Å²) in [4.78, 5) is 4.40. The average Bonchev–Trinajstić information content (AvgIpc) is 2.62. The fourth-order valence-corrected chi connectivity index (χ4v) is 2.75. The Bertz CT molecular complexity index is 891. The number of halogens is 2. The van der Waals surface area contributed by atoms with E-state index in [1.807, 2.05) is 24.3 Å². The summed E-state index contributed by atoms with van der Waals surface area (Å²) in [6.45, 7) is 0.693. The number of methoxy groups -OCH3 is 1. The SMILES string of the molecule is COc1ccc(Cl)cc1Nc1nncc(NCCc2cccc(Cl)c2)n1. The van der Waals surface area contributed by atoms with Crippen LogP contribution in [0.1, 0.15) is 5.56 Å². The predicted octanol–water partition coefficient (Wildman–Crippen LogP) is 4.59. The third-order valence-corrected chi connectivity index (χ3v) is 4.05. The summed E-state index contributed by atoms with van der Waals surface area (Å²) >= 11 is 12.0. The van der Waals surface area contributed by atoms with Crippen LogP contribution in [0.5, 0.6) is 5.75 Å². The van der Waals surface area contributed by atoms with E-state index in [1.54, 1.807) is 31.5 Å². The zero-order valence-electron chi connectivity index (χ0n) is 14.0. The number of anilines is 3. The van der Waals surface area contributed by atoms with Crippen molar-refractivity contribution in [2.45, 2.75) is 6.42 Å². The van der Waals surface area contributed by atoms with Gasteiger partial charge in [-0.15, -0.1) is 5.10 Å². The van der Waals surface area contributed by atoms with E-state index >= 15 is 0 Å². The Labute approximate surface area is 161 Å². The van der Waals surface area contributed by atoms with Gasteiger partial charge in [0.2, 0.25) is 5.95 Å². The van der Waals surface area contributed by atoms with Crippen molar-refractivity contribution in [3.63, 3.8) is 0 Å². The molecule has 2 N–H and O–H groups in total. The maximum atomic E-state index is 6.04. The number of nitrogens with zero attached hydrogens (tertiary/aromatic N) is 3. The van der Waals surface area contributed by atoms with Crippen molar-refractivity contribution in [1.82, 2.24) is 15.2 Å². The molecular weight excluding hydrogens is 373 g/mol. The first-order chi connectivity index (χ1) is 12.6. The highest BCUT2D eigenvalue weighted by Gasteiger charge is 2.07. The van der Waals surface area contributed by atoms with E-state index in [0.717, 1.165) is 17.0 Å². The van der Waals surface area contributed by atoms with Crippen LogP contribution in [0, 0.1) is 0 Å². The van der Waals surface area contributed by atoms with Gasteiger partial charge < -0.3 is 15.4 Å². The van der Waals surface area contributed by atoms with E-state index in [4.69, 9.17) is 27.9 Å². The molecule has 0 radical (unpaired) electrons. The Balaban J connectivity index is 1.64. The molecule has 0 fully saturated rings. The maximum Gasteiger partial charge on any atom is 0.249 e. The lowest BCUT2D eigenvalue weighted by atomic mass is 10.1. The molecule has 1 aromatic heterocycles. The van der Waals surface area contributed by atoms with Crippen molar-refractivity contribution in [3.8, 4) is 5.75 Å². The minimum atomic E-state index is 0.346. The normalized spacial score (nSPS) is 10.4. The van der Waals surface area contributed by atoms with Crippen LogP contribution < -0.4 is 15.4 Å². The molecule has 0 aliphatic rings. The first-order valence-corrected chi connectivity index (χ1v) is 8.68. The van der Waals surface area contributed by atoms with E-state index in [0.29, 0.717) is 34.8 Å². The molecule has 6 nitrogen and oxygen atoms in total. The van der Waals surface area contributed by atoms with Crippen molar-refractivity contribution in [3.05, 3.63) is 64.3 Å². The number of ether oxygens (including phenoxy) is 1. The highest BCUT2D eigenvalue weighted by molar-refractivity contribution is 6.31. The smallest absolute Gasteiger partial charge is 0.249 e. The number of hydrogen-bond donors (Lipinski definition) is 2. The van der Waals surface area contributed by atoms with Gasteiger partial charge in [0.15, 0.2) is 5.82 Å². The van der Waals surface area contributed by atoms with Gasteiger partial charge in [0.1, 0.15) is 5.75 Å². The first kappa shape index (κ1) is 18.2. The molecule has 134 valence electrons. The Kier molecular flexibility index (Phi) is 6.09. The van der Waals surface area contributed by atoms with Crippen LogP contribution in [0.2, 0.25) is 10.0 Å². The second-order valence-corrected chi connectivity index (χ2v) is 6.31. The number of hydrogen-bond acceptors (Lipinski definition) is 6. The molecule has 0 saturated heterocycles. The lowest BCUT2D eigenvalue weighted by Gasteiger charge is -2.11. The van der Waals surface area contributed by atoms with Crippen LogP contribution in [0.4, 0.5) is 17.5 Å². The average molecular weight is 390 g/mol. The number of aromatic nitrogens is 3. The predicted molar refractivity (Wildman–Crippen MR) is 105 cm³/mol. The quantitative estimate of drug-likeness (QED) is 0.615. The molecule has 26 heavy (non-hydrogen) atoms. The van der Waals surface area contributed by atoms with Crippen LogP contribution in [-0.2, 0) is 6.42 Å². The first-order valence-electron chi connectivity index (χ1n) is 7.92. The zero-order valence-corrected chi connectivity index (χ0v) is 15.6. The van der Waals surface area contributed by atoms with Gasteiger partial charge in [-0.25, -0.2) is 0 Å². The Morgan fingerprint density at radius 2 is 1.92 bits per heavy atom. The number of nitrogens with one attached hydrogen (secondary N) is 2. The summed E-state index contributed by atoms with van der Waals surface area (Å²) < 4.78 is 5.30. The number of benzene rings is 2. The van der Waals surface area contributed by atoms with Gasteiger partial charge in [-0.3, -0.25) is 0 Å². The van der Waals surface area contributed by atoms with Gasteiger partial charge >= 0.3 is 0 Å². The molecule has 0 spiro atoms. The summed E-state index contributed by atoms with van der Waals surface area (Å²) in [5, 5.41) is 15.6. The third kappa shape index (κ3) is 4.97. The van der Waals surface area contributed by atoms with E-state index < -0.39 is 0 Å². The standard InChI is InChI=1S/C18H17Cl2N5O/c1-26-16-6-5-14(20)10-15(16)23-18-24-17(11-22-25-18)21-8-7-12-3-2-4-13(19)9-12/h2-6,9-11H,7-8H2,1H3,(H2,21,23,24,25). The summed E-state index contributed by atoms with van der Waals surface area (Å²) in [5.74, 6) is 1.60. The van der Waals surface area contributed by atoms with Crippen LogP contribution in [0.25, 0.3) is 0 Å². The van der Waals surface area contributed by atoms with Gasteiger partial charge in [-0.2, -0.15) is 10.1 Å². The number of rotatable bonds is 7. The fourth-order valence-electron chi connectivity index (χ4n) is 2.37. The monoisotopic (exact) mass is 389 g/mol. The Morgan fingerprint density at radius 1 is 1.08 bits per heavy atom. The third-order valence-electron chi connectivity index (χ3n) is 3.58. The summed E-state index contributed by atoms with van der Waals surface area (Å²) in [6.07, 6.45) is 2.38. The van der Waals surface area contributed by atoms with Crippen molar-refractivity contribution in [2.75, 3.05) is 24.3 Å². The maximum absolute atomic E-state index is 6.04. The van der Waals surface area contributed by atoms with Crippen LogP contribution in [0.3, 0.4) is 0 Å². The van der Waals surface area contributed by atoms with Gasteiger partial charge in [-0.05, 0) is 42.3 Å². The summed E-state index contributed by atoms with van der Waals surface area (Å²) in [5.41, 5.74) is 1.81. The largest absolute Gasteiger partial charge is 0.495 e. The highest BCUT2D eigenvalue weighted by Crippen LogP contribution is 2.29. The van der Waals surface area contributed by atoms with Gasteiger partial charge in [0.25, 0.3) is 0 Å². The molecule has 3 aromatic rings. The second-order valence-electron chi connectivity index (χ2n) is 5.44. The zero-order chi connectivity index (χ0) is 18.4.